The minimum Gasteiger partial charge on any atom is -0.396 e. The normalized spacial score (nSPS) is 20.4. The van der Waals surface area contributed by atoms with Gasteiger partial charge < -0.3 is 26.3 Å². The third kappa shape index (κ3) is 4.69. The van der Waals surface area contributed by atoms with Crippen LogP contribution in [-0.4, -0.2) is 39.7 Å². The zero-order chi connectivity index (χ0) is 17.5. The number of anilines is 1. The molecule has 1 saturated carbocycles. The molecule has 0 atom stereocenters. The van der Waals surface area contributed by atoms with Gasteiger partial charge in [-0.05, 0) is 38.2 Å². The summed E-state index contributed by atoms with van der Waals surface area (Å²) in [5.74, 6) is 1.06. The number of hydrogen-bond acceptors (Lipinski definition) is 6. The van der Waals surface area contributed by atoms with Crippen molar-refractivity contribution in [2.24, 2.45) is 0 Å². The molecule has 1 heterocycles. The number of nitrogens with one attached hydrogen (secondary N) is 3. The van der Waals surface area contributed by atoms with Gasteiger partial charge in [0, 0.05) is 37.0 Å². The molecule has 1 aliphatic carbocycles. The Morgan fingerprint density at radius 2 is 2.08 bits per heavy atom. The smallest absolute Gasteiger partial charge is 0.252 e. The van der Waals surface area contributed by atoms with Crippen LogP contribution in [0.1, 0.15) is 37.7 Å². The fraction of sp³-hybridized carbons (Fsp3) is 0.529. The predicted octanol–water partition coefficient (Wildman–Crippen LogP) is 1.00. The van der Waals surface area contributed by atoms with Gasteiger partial charge in [0.25, 0.3) is 5.56 Å². The molecule has 0 amide bonds. The molecule has 1 fully saturated rings. The Balaban J connectivity index is 2.11. The summed E-state index contributed by atoms with van der Waals surface area (Å²) in [4.78, 5) is 12.1. The summed E-state index contributed by atoms with van der Waals surface area (Å²) in [6.07, 6.45) is 4.69. The summed E-state index contributed by atoms with van der Waals surface area (Å²) < 4.78 is 1.51. The van der Waals surface area contributed by atoms with Gasteiger partial charge in [0.05, 0.1) is 11.9 Å². The largest absolute Gasteiger partial charge is 0.396 e. The summed E-state index contributed by atoms with van der Waals surface area (Å²) in [5.41, 5.74) is 0.389. The van der Waals surface area contributed by atoms with E-state index >= 15 is 0 Å². The summed E-state index contributed by atoms with van der Waals surface area (Å²) in [7, 11) is 0. The Labute approximate surface area is 141 Å². The third-order valence-electron chi connectivity index (χ3n) is 4.25. The van der Waals surface area contributed by atoms with Crippen LogP contribution in [0.4, 0.5) is 5.82 Å². The minimum atomic E-state index is -0.216. The molecule has 24 heavy (non-hydrogen) atoms. The number of aliphatic hydroxyl groups excluding tert-OH is 2. The van der Waals surface area contributed by atoms with Gasteiger partial charge in [-0.3, -0.25) is 9.36 Å². The zero-order valence-electron chi connectivity index (χ0n) is 13.8. The van der Waals surface area contributed by atoms with Crippen molar-refractivity contribution in [3.63, 3.8) is 0 Å². The highest BCUT2D eigenvalue weighted by Gasteiger charge is 2.19. The summed E-state index contributed by atoms with van der Waals surface area (Å²) in [5, 5.41) is 32.5. The molecule has 7 heteroatoms. The van der Waals surface area contributed by atoms with Crippen LogP contribution in [0, 0.1) is 5.41 Å². The number of aliphatic hydroxyl groups is 2. The highest BCUT2D eigenvalue weighted by Crippen LogP contribution is 2.20. The molecular weight excluding hydrogens is 308 g/mol. The van der Waals surface area contributed by atoms with Gasteiger partial charge in [-0.25, -0.2) is 0 Å². The van der Waals surface area contributed by atoms with Crippen LogP contribution in [-0.2, 0) is 6.54 Å². The number of nitrogens with zero attached hydrogens (tertiary/aromatic N) is 1. The maximum atomic E-state index is 12.1. The first-order chi connectivity index (χ1) is 11.5. The summed E-state index contributed by atoms with van der Waals surface area (Å²) >= 11 is 0. The SMILES string of the molecule is C=C(Nc1c(C=N)ccc(=O)n1CCCO)NC1CCC(O)CC1. The van der Waals surface area contributed by atoms with Gasteiger partial charge in [-0.15, -0.1) is 0 Å². The van der Waals surface area contributed by atoms with E-state index in [4.69, 9.17) is 10.5 Å². The fourth-order valence-corrected chi connectivity index (χ4v) is 2.95. The van der Waals surface area contributed by atoms with Crippen molar-refractivity contribution in [2.45, 2.75) is 50.8 Å². The molecule has 1 aromatic heterocycles. The van der Waals surface area contributed by atoms with Crippen LogP contribution in [0.3, 0.4) is 0 Å². The Bertz CT molecular complexity index is 633. The lowest BCUT2D eigenvalue weighted by Crippen LogP contribution is -2.36. The standard InChI is InChI=1S/C17H26N4O3/c1-12(19-14-4-6-15(23)7-5-14)20-17-13(11-18)3-8-16(24)21(17)9-2-10-22/h3,8,11,14-15,18-20,22-23H,1-2,4-7,9-10H2. The van der Waals surface area contributed by atoms with Crippen LogP contribution < -0.4 is 16.2 Å². The molecule has 0 saturated heterocycles. The maximum Gasteiger partial charge on any atom is 0.252 e. The van der Waals surface area contributed by atoms with E-state index in [9.17, 15) is 9.90 Å². The van der Waals surface area contributed by atoms with Crippen molar-refractivity contribution >= 4 is 12.0 Å². The first-order valence-corrected chi connectivity index (χ1v) is 8.31. The Hall–Kier alpha value is -2.12. The van der Waals surface area contributed by atoms with Crippen molar-refractivity contribution in [1.29, 1.82) is 5.41 Å². The lowest BCUT2D eigenvalue weighted by Gasteiger charge is -2.28. The minimum absolute atomic E-state index is 0.00963. The van der Waals surface area contributed by atoms with Gasteiger partial charge in [-0.1, -0.05) is 6.58 Å². The Kier molecular flexibility index (Phi) is 6.57. The second kappa shape index (κ2) is 8.65. The highest BCUT2D eigenvalue weighted by molar-refractivity contribution is 5.84. The Morgan fingerprint density at radius 1 is 1.38 bits per heavy atom. The van der Waals surface area contributed by atoms with Gasteiger partial charge in [0.15, 0.2) is 0 Å². The van der Waals surface area contributed by atoms with Crippen LogP contribution in [0.5, 0.6) is 0 Å². The average Bonchev–Trinajstić information content (AvgIpc) is 2.57. The maximum absolute atomic E-state index is 12.1. The second-order valence-electron chi connectivity index (χ2n) is 6.10. The van der Waals surface area contributed by atoms with E-state index in [0.717, 1.165) is 25.7 Å². The highest BCUT2D eigenvalue weighted by atomic mass is 16.3. The molecule has 0 aromatic carbocycles. The topological polar surface area (TPSA) is 110 Å². The molecule has 0 bridgehead atoms. The van der Waals surface area contributed by atoms with Crippen molar-refractivity contribution in [3.8, 4) is 0 Å². The molecule has 0 spiro atoms. The molecule has 7 nitrogen and oxygen atoms in total. The van der Waals surface area contributed by atoms with Gasteiger partial charge >= 0.3 is 0 Å². The van der Waals surface area contributed by atoms with E-state index in [-0.39, 0.29) is 24.3 Å². The molecule has 0 radical (unpaired) electrons. The fourth-order valence-electron chi connectivity index (χ4n) is 2.95. The molecule has 0 aliphatic heterocycles. The van der Waals surface area contributed by atoms with Gasteiger partial charge in [0.1, 0.15) is 5.82 Å². The first kappa shape index (κ1) is 18.2. The monoisotopic (exact) mass is 334 g/mol. The van der Waals surface area contributed by atoms with Gasteiger partial charge in [0.2, 0.25) is 0 Å². The number of hydrogen-bond donors (Lipinski definition) is 5. The number of aromatic nitrogens is 1. The lowest BCUT2D eigenvalue weighted by molar-refractivity contribution is 0.119. The van der Waals surface area contributed by atoms with E-state index in [0.29, 0.717) is 30.2 Å². The first-order valence-electron chi connectivity index (χ1n) is 8.31. The summed E-state index contributed by atoms with van der Waals surface area (Å²) in [6, 6.07) is 3.25. The van der Waals surface area contributed by atoms with Crippen molar-refractivity contribution in [1.82, 2.24) is 9.88 Å². The van der Waals surface area contributed by atoms with Crippen molar-refractivity contribution in [2.75, 3.05) is 11.9 Å². The molecule has 1 aliphatic rings. The van der Waals surface area contributed by atoms with Crippen LogP contribution in [0.2, 0.25) is 0 Å². The average molecular weight is 334 g/mol. The van der Waals surface area contributed by atoms with Crippen LogP contribution in [0.25, 0.3) is 0 Å². The van der Waals surface area contributed by atoms with E-state index in [1.807, 2.05) is 0 Å². The molecule has 2 rings (SSSR count). The molecular formula is C17H26N4O3. The number of pyridine rings is 1. The summed E-state index contributed by atoms with van der Waals surface area (Å²) in [6.45, 7) is 4.32. The lowest BCUT2D eigenvalue weighted by atomic mass is 9.93. The zero-order valence-corrected chi connectivity index (χ0v) is 13.8. The number of rotatable bonds is 8. The molecule has 5 N–H and O–H groups in total. The Morgan fingerprint density at radius 3 is 2.71 bits per heavy atom. The quantitative estimate of drug-likeness (QED) is 0.456. The van der Waals surface area contributed by atoms with Crippen molar-refractivity contribution < 1.29 is 10.2 Å². The van der Waals surface area contributed by atoms with E-state index in [2.05, 4.69) is 17.2 Å². The third-order valence-corrected chi connectivity index (χ3v) is 4.25. The van der Waals surface area contributed by atoms with Gasteiger partial charge in [-0.2, -0.15) is 0 Å². The molecule has 0 unspecified atom stereocenters. The second-order valence-corrected chi connectivity index (χ2v) is 6.10. The van der Waals surface area contributed by atoms with E-state index in [1.54, 1.807) is 6.07 Å². The molecule has 1 aromatic rings. The van der Waals surface area contributed by atoms with Crippen LogP contribution >= 0.6 is 0 Å². The van der Waals surface area contributed by atoms with Crippen molar-refractivity contribution in [3.05, 3.63) is 40.4 Å². The molecule has 132 valence electrons. The van der Waals surface area contributed by atoms with Crippen LogP contribution in [0.15, 0.2) is 29.3 Å². The van der Waals surface area contributed by atoms with E-state index < -0.39 is 0 Å². The van der Waals surface area contributed by atoms with E-state index in [1.165, 1.54) is 16.8 Å². The predicted molar refractivity (Wildman–Crippen MR) is 94.5 cm³/mol.